The first-order valence-corrected chi connectivity index (χ1v) is 12.2. The lowest BCUT2D eigenvalue weighted by atomic mass is 10.1. The molecule has 0 bridgehead atoms. The van der Waals surface area contributed by atoms with Gasteiger partial charge in [-0.25, -0.2) is 4.98 Å². The van der Waals surface area contributed by atoms with Crippen molar-refractivity contribution < 1.29 is 17.6 Å². The number of aromatic nitrogens is 1. The maximum atomic E-state index is 12.7. The van der Waals surface area contributed by atoms with E-state index in [1.807, 2.05) is 43.1 Å². The maximum absolute atomic E-state index is 12.7. The number of likely N-dealkylation sites (tertiary alicyclic amines) is 1. The Morgan fingerprint density at radius 2 is 2.00 bits per heavy atom. The van der Waals surface area contributed by atoms with Crippen molar-refractivity contribution in [3.63, 3.8) is 0 Å². The van der Waals surface area contributed by atoms with Crippen molar-refractivity contribution >= 4 is 27.5 Å². The van der Waals surface area contributed by atoms with E-state index in [0.717, 1.165) is 24.1 Å². The number of rotatable bonds is 7. The molecule has 1 N–H and O–H groups in total. The van der Waals surface area contributed by atoms with Crippen molar-refractivity contribution in [1.29, 1.82) is 0 Å². The predicted octanol–water partition coefficient (Wildman–Crippen LogP) is 4.03. The number of benzene rings is 2. The average Bonchev–Trinajstić information content (AvgIpc) is 3.42. The van der Waals surface area contributed by atoms with Gasteiger partial charge in [0.05, 0.1) is 11.1 Å². The summed E-state index contributed by atoms with van der Waals surface area (Å²) in [5.41, 5.74) is 2.48. The Labute approximate surface area is 193 Å². The Morgan fingerprint density at radius 1 is 1.21 bits per heavy atom. The molecule has 8 nitrogen and oxygen atoms in total. The molecule has 1 amide bonds. The Morgan fingerprint density at radius 3 is 2.73 bits per heavy atom. The zero-order chi connectivity index (χ0) is 23.4. The summed E-state index contributed by atoms with van der Waals surface area (Å²) >= 11 is 0. The molecule has 0 atom stereocenters. The monoisotopic (exact) mass is 466 g/mol. The second-order valence-corrected chi connectivity index (χ2v) is 9.67. The summed E-state index contributed by atoms with van der Waals surface area (Å²) in [6, 6.07) is 14.0. The first-order valence-electron chi connectivity index (χ1n) is 10.8. The zero-order valence-corrected chi connectivity index (χ0v) is 19.4. The highest BCUT2D eigenvalue weighted by Crippen LogP contribution is 2.22. The van der Waals surface area contributed by atoms with E-state index in [1.54, 1.807) is 18.3 Å². The van der Waals surface area contributed by atoms with E-state index < -0.39 is 10.0 Å². The fourth-order valence-electron chi connectivity index (χ4n) is 3.56. The van der Waals surface area contributed by atoms with Crippen LogP contribution in [0.3, 0.4) is 0 Å². The molecule has 1 aliphatic heterocycles. The van der Waals surface area contributed by atoms with Crippen LogP contribution in [0.2, 0.25) is 0 Å². The van der Waals surface area contributed by atoms with Crippen LogP contribution < -0.4 is 5.32 Å². The minimum Gasteiger partial charge on any atom is -0.441 e. The van der Waals surface area contributed by atoms with Gasteiger partial charge < -0.3 is 14.6 Å². The third-order valence-corrected chi connectivity index (χ3v) is 6.73. The molecular weight excluding hydrogens is 440 g/mol. The van der Waals surface area contributed by atoms with E-state index in [4.69, 9.17) is 4.42 Å². The summed E-state index contributed by atoms with van der Waals surface area (Å²) in [5, 5.41) is 2.74. The standard InChI is InChI=1S/C24H26N4O4S/c1-17-8-10-18(11-9-17)21-16-25-24(32-21)13-12-23(29)26-19-5-3-6-20(15-19)33(30,31)27-22-7-4-14-28(22)2/h3,5-6,8-11,15-16H,4,7,12-14H2,1-2H3,(H,26,29). The molecule has 0 unspecified atom stereocenters. The second kappa shape index (κ2) is 9.58. The SMILES string of the molecule is Cc1ccc(-c2cnc(CCC(=O)Nc3cccc(S(=O)(=O)N=C4CCCN4C)c3)o2)cc1. The van der Waals surface area contributed by atoms with Gasteiger partial charge >= 0.3 is 0 Å². The number of hydrogen-bond acceptors (Lipinski definition) is 5. The molecule has 172 valence electrons. The topological polar surface area (TPSA) is 105 Å². The van der Waals surface area contributed by atoms with Crippen molar-refractivity contribution in [2.45, 2.75) is 37.5 Å². The summed E-state index contributed by atoms with van der Waals surface area (Å²) in [5.74, 6) is 1.41. The molecule has 1 aromatic heterocycles. The quantitative estimate of drug-likeness (QED) is 0.564. The van der Waals surface area contributed by atoms with Gasteiger partial charge in [0.15, 0.2) is 11.7 Å². The first-order chi connectivity index (χ1) is 15.8. The highest BCUT2D eigenvalue weighted by molar-refractivity contribution is 7.90. The van der Waals surface area contributed by atoms with Gasteiger partial charge in [-0.15, -0.1) is 4.40 Å². The van der Waals surface area contributed by atoms with Crippen LogP contribution in [0.15, 0.2) is 68.4 Å². The zero-order valence-electron chi connectivity index (χ0n) is 18.6. The summed E-state index contributed by atoms with van der Waals surface area (Å²) in [6.45, 7) is 2.81. The Hall–Kier alpha value is -3.46. The molecule has 9 heteroatoms. The summed E-state index contributed by atoms with van der Waals surface area (Å²) in [7, 11) is -2.02. The molecule has 0 spiro atoms. The number of aryl methyl sites for hydroxylation is 2. The third-order valence-electron chi connectivity index (χ3n) is 5.43. The van der Waals surface area contributed by atoms with Gasteiger partial charge in [0.2, 0.25) is 5.91 Å². The normalized spacial score (nSPS) is 15.2. The number of nitrogens with zero attached hydrogens (tertiary/aromatic N) is 3. The maximum Gasteiger partial charge on any atom is 0.284 e. The number of amides is 1. The molecule has 4 rings (SSSR count). The van der Waals surface area contributed by atoms with E-state index in [2.05, 4.69) is 14.7 Å². The van der Waals surface area contributed by atoms with E-state index in [9.17, 15) is 13.2 Å². The fraction of sp³-hybridized carbons (Fsp3) is 0.292. The number of anilines is 1. The van der Waals surface area contributed by atoms with Gasteiger partial charge in [-0.1, -0.05) is 35.9 Å². The number of carbonyl (C=O) groups is 1. The molecule has 0 saturated carbocycles. The molecule has 2 heterocycles. The molecule has 1 fully saturated rings. The molecule has 2 aromatic carbocycles. The largest absolute Gasteiger partial charge is 0.441 e. The minimum absolute atomic E-state index is 0.0449. The smallest absolute Gasteiger partial charge is 0.284 e. The lowest BCUT2D eigenvalue weighted by molar-refractivity contribution is -0.116. The molecule has 0 aliphatic carbocycles. The van der Waals surface area contributed by atoms with Crippen LogP contribution in [0.1, 0.15) is 30.7 Å². The van der Waals surface area contributed by atoms with Crippen LogP contribution in [0, 0.1) is 6.92 Å². The fourth-order valence-corrected chi connectivity index (χ4v) is 4.70. The number of oxazole rings is 1. The summed E-state index contributed by atoms with van der Waals surface area (Å²) in [6.07, 6.45) is 3.65. The predicted molar refractivity (Wildman–Crippen MR) is 127 cm³/mol. The average molecular weight is 467 g/mol. The number of hydrogen-bond donors (Lipinski definition) is 1. The lowest BCUT2D eigenvalue weighted by Crippen LogP contribution is -2.20. The van der Waals surface area contributed by atoms with E-state index in [0.29, 0.717) is 36.0 Å². The number of nitrogens with one attached hydrogen (secondary N) is 1. The second-order valence-electron chi connectivity index (χ2n) is 8.07. The Kier molecular flexibility index (Phi) is 6.60. The van der Waals surface area contributed by atoms with E-state index in [-0.39, 0.29) is 17.2 Å². The van der Waals surface area contributed by atoms with Gasteiger partial charge in [-0.05, 0) is 31.5 Å². The molecule has 0 radical (unpaired) electrons. The van der Waals surface area contributed by atoms with Gasteiger partial charge in [-0.2, -0.15) is 8.42 Å². The highest BCUT2D eigenvalue weighted by Gasteiger charge is 2.20. The first kappa shape index (κ1) is 22.7. The summed E-state index contributed by atoms with van der Waals surface area (Å²) in [4.78, 5) is 18.6. The minimum atomic E-state index is -3.85. The van der Waals surface area contributed by atoms with E-state index >= 15 is 0 Å². The molecular formula is C24H26N4O4S. The molecule has 1 saturated heterocycles. The lowest BCUT2D eigenvalue weighted by Gasteiger charge is -2.11. The van der Waals surface area contributed by atoms with E-state index in [1.165, 1.54) is 12.1 Å². The van der Waals surface area contributed by atoms with Gasteiger partial charge in [0.25, 0.3) is 10.0 Å². The van der Waals surface area contributed by atoms with Crippen molar-refractivity contribution in [1.82, 2.24) is 9.88 Å². The third kappa shape index (κ3) is 5.67. The van der Waals surface area contributed by atoms with Crippen LogP contribution in [0.5, 0.6) is 0 Å². The van der Waals surface area contributed by atoms with Crippen molar-refractivity contribution in [2.75, 3.05) is 18.9 Å². The molecule has 1 aliphatic rings. The number of carbonyl (C=O) groups excluding carboxylic acids is 1. The Balaban J connectivity index is 1.37. The molecule has 3 aromatic rings. The molecule has 33 heavy (non-hydrogen) atoms. The van der Waals surface area contributed by atoms with Gasteiger partial charge in [-0.3, -0.25) is 4.79 Å². The van der Waals surface area contributed by atoms with Crippen LogP contribution >= 0.6 is 0 Å². The van der Waals surface area contributed by atoms with Crippen LogP contribution in [-0.4, -0.2) is 43.6 Å². The van der Waals surface area contributed by atoms with Crippen LogP contribution in [-0.2, 0) is 21.2 Å². The van der Waals surface area contributed by atoms with Crippen molar-refractivity contribution in [3.8, 4) is 11.3 Å². The number of sulfonamides is 1. The van der Waals surface area contributed by atoms with Crippen molar-refractivity contribution in [2.24, 2.45) is 4.40 Å². The van der Waals surface area contributed by atoms with Crippen LogP contribution in [0.4, 0.5) is 5.69 Å². The highest BCUT2D eigenvalue weighted by atomic mass is 32.2. The number of amidine groups is 1. The van der Waals surface area contributed by atoms with Crippen LogP contribution in [0.25, 0.3) is 11.3 Å². The van der Waals surface area contributed by atoms with Gasteiger partial charge in [0, 0.05) is 44.1 Å². The van der Waals surface area contributed by atoms with Crippen molar-refractivity contribution in [3.05, 3.63) is 66.2 Å². The van der Waals surface area contributed by atoms with Gasteiger partial charge in [0.1, 0.15) is 5.84 Å². The Bertz CT molecular complexity index is 1280. The summed E-state index contributed by atoms with van der Waals surface area (Å²) < 4.78 is 35.1.